The van der Waals surface area contributed by atoms with E-state index >= 15 is 0 Å². The van der Waals surface area contributed by atoms with Crippen molar-refractivity contribution in [3.05, 3.63) is 71.3 Å². The molecule has 2 aromatic rings. The molecule has 0 radical (unpaired) electrons. The van der Waals surface area contributed by atoms with Crippen LogP contribution in [-0.2, 0) is 11.3 Å². The minimum atomic E-state index is -1.11. The highest BCUT2D eigenvalue weighted by Gasteiger charge is 2.13. The molecule has 0 fully saturated rings. The van der Waals surface area contributed by atoms with E-state index in [0.717, 1.165) is 23.8 Å². The Hall–Kier alpha value is -2.76. The summed E-state index contributed by atoms with van der Waals surface area (Å²) in [5.74, 6) is -3.06. The lowest BCUT2D eigenvalue weighted by Gasteiger charge is -2.17. The highest BCUT2D eigenvalue weighted by atomic mass is 19.2. The lowest BCUT2D eigenvalue weighted by molar-refractivity contribution is -0.129. The number of benzene rings is 2. The summed E-state index contributed by atoms with van der Waals surface area (Å²) in [6, 6.07) is 12.2. The summed E-state index contributed by atoms with van der Waals surface area (Å²) in [4.78, 5) is 25.3. The second kappa shape index (κ2) is 7.49. The highest BCUT2D eigenvalue weighted by molar-refractivity contribution is 5.96. The maximum absolute atomic E-state index is 13.1. The second-order valence-corrected chi connectivity index (χ2v) is 5.05. The van der Waals surface area contributed by atoms with Crippen LogP contribution >= 0.6 is 0 Å². The summed E-state index contributed by atoms with van der Waals surface area (Å²) < 4.78 is 25.9. The molecule has 0 spiro atoms. The van der Waals surface area contributed by atoms with Crippen molar-refractivity contribution in [3.63, 3.8) is 0 Å². The molecule has 0 aliphatic rings. The van der Waals surface area contributed by atoms with Crippen molar-refractivity contribution in [2.45, 2.75) is 6.54 Å². The molecule has 120 valence electrons. The van der Waals surface area contributed by atoms with Crippen molar-refractivity contribution in [2.24, 2.45) is 0 Å². The molecule has 0 aromatic heterocycles. The third kappa shape index (κ3) is 4.60. The fraction of sp³-hybridized carbons (Fsp3) is 0.176. The van der Waals surface area contributed by atoms with Gasteiger partial charge in [0, 0.05) is 19.2 Å². The quantitative estimate of drug-likeness (QED) is 0.920. The Morgan fingerprint density at radius 2 is 1.74 bits per heavy atom. The number of carbonyl (C=O) groups excluding carboxylic acids is 2. The number of amides is 2. The van der Waals surface area contributed by atoms with Crippen LogP contribution in [0.1, 0.15) is 15.9 Å². The van der Waals surface area contributed by atoms with E-state index < -0.39 is 17.5 Å². The molecule has 1 N–H and O–H groups in total. The van der Waals surface area contributed by atoms with Crippen LogP contribution < -0.4 is 5.32 Å². The van der Waals surface area contributed by atoms with E-state index in [-0.39, 0.29) is 18.0 Å². The van der Waals surface area contributed by atoms with Crippen LogP contribution in [0.2, 0.25) is 0 Å². The average molecular weight is 318 g/mol. The fourth-order valence-corrected chi connectivity index (χ4v) is 1.98. The van der Waals surface area contributed by atoms with Gasteiger partial charge in [0.05, 0.1) is 6.54 Å². The molecule has 0 aliphatic heterocycles. The molecule has 0 unspecified atom stereocenters. The van der Waals surface area contributed by atoms with Crippen molar-refractivity contribution >= 4 is 11.8 Å². The van der Waals surface area contributed by atoms with E-state index in [2.05, 4.69) is 5.32 Å². The molecule has 4 nitrogen and oxygen atoms in total. The fourth-order valence-electron chi connectivity index (χ4n) is 1.98. The van der Waals surface area contributed by atoms with Crippen LogP contribution in [0.25, 0.3) is 0 Å². The molecule has 0 saturated heterocycles. The van der Waals surface area contributed by atoms with Gasteiger partial charge in [0.1, 0.15) is 0 Å². The van der Waals surface area contributed by atoms with Crippen LogP contribution in [0.3, 0.4) is 0 Å². The Bertz CT molecular complexity index is 705. The number of carbonyl (C=O) groups is 2. The van der Waals surface area contributed by atoms with E-state index in [1.54, 1.807) is 7.05 Å². The zero-order chi connectivity index (χ0) is 16.8. The molecule has 0 heterocycles. The smallest absolute Gasteiger partial charge is 0.251 e. The molecule has 0 atom stereocenters. The van der Waals surface area contributed by atoms with Gasteiger partial charge in [-0.2, -0.15) is 0 Å². The first-order valence-corrected chi connectivity index (χ1v) is 6.98. The van der Waals surface area contributed by atoms with E-state index in [1.807, 2.05) is 30.3 Å². The number of likely N-dealkylation sites (N-methyl/N-ethyl adjacent to an activating group) is 1. The molecule has 0 aliphatic carbocycles. The lowest BCUT2D eigenvalue weighted by atomic mass is 10.2. The summed E-state index contributed by atoms with van der Waals surface area (Å²) >= 11 is 0. The summed E-state index contributed by atoms with van der Waals surface area (Å²) in [5, 5.41) is 2.39. The molecule has 6 heteroatoms. The van der Waals surface area contributed by atoms with E-state index in [0.29, 0.717) is 6.54 Å². The van der Waals surface area contributed by atoms with Gasteiger partial charge in [0.2, 0.25) is 5.91 Å². The molecular formula is C17H16F2N2O2. The first-order chi connectivity index (χ1) is 11.0. The average Bonchev–Trinajstić information content (AvgIpc) is 2.55. The zero-order valence-electron chi connectivity index (χ0n) is 12.6. The van der Waals surface area contributed by atoms with Crippen LogP contribution in [-0.4, -0.2) is 30.3 Å². The van der Waals surface area contributed by atoms with Crippen LogP contribution in [0.5, 0.6) is 0 Å². The monoisotopic (exact) mass is 318 g/mol. The minimum Gasteiger partial charge on any atom is -0.343 e. The van der Waals surface area contributed by atoms with Gasteiger partial charge in [-0.15, -0.1) is 0 Å². The Labute approximate surface area is 132 Å². The van der Waals surface area contributed by atoms with E-state index in [4.69, 9.17) is 0 Å². The molecule has 2 aromatic carbocycles. The maximum atomic E-state index is 13.1. The van der Waals surface area contributed by atoms with E-state index in [9.17, 15) is 18.4 Å². The minimum absolute atomic E-state index is 0.0394. The zero-order valence-corrected chi connectivity index (χ0v) is 12.6. The third-order valence-corrected chi connectivity index (χ3v) is 3.27. The standard InChI is InChI=1S/C17H16F2N2O2/c1-21(11-12-5-3-2-4-6-12)16(22)10-20-17(23)13-7-8-14(18)15(19)9-13/h2-9H,10-11H2,1H3,(H,20,23). The van der Waals surface area contributed by atoms with Gasteiger partial charge < -0.3 is 10.2 Å². The van der Waals surface area contributed by atoms with Crippen molar-refractivity contribution in [2.75, 3.05) is 13.6 Å². The first kappa shape index (κ1) is 16.6. The first-order valence-electron chi connectivity index (χ1n) is 6.98. The van der Waals surface area contributed by atoms with Crippen molar-refractivity contribution < 1.29 is 18.4 Å². The SMILES string of the molecule is CN(Cc1ccccc1)C(=O)CNC(=O)c1ccc(F)c(F)c1. The third-order valence-electron chi connectivity index (χ3n) is 3.27. The number of hydrogen-bond donors (Lipinski definition) is 1. The Morgan fingerprint density at radius 1 is 1.04 bits per heavy atom. The molecule has 2 amide bonds. The summed E-state index contributed by atoms with van der Waals surface area (Å²) in [7, 11) is 1.62. The van der Waals surface area contributed by atoms with Crippen molar-refractivity contribution in [1.82, 2.24) is 10.2 Å². The molecule has 0 bridgehead atoms. The van der Waals surface area contributed by atoms with Crippen LogP contribution in [0.4, 0.5) is 8.78 Å². The topological polar surface area (TPSA) is 49.4 Å². The Morgan fingerprint density at radius 3 is 2.39 bits per heavy atom. The number of nitrogens with one attached hydrogen (secondary N) is 1. The van der Waals surface area contributed by atoms with Gasteiger partial charge in [0.25, 0.3) is 5.91 Å². The van der Waals surface area contributed by atoms with Gasteiger partial charge in [-0.1, -0.05) is 30.3 Å². The second-order valence-electron chi connectivity index (χ2n) is 5.05. The Balaban J connectivity index is 1.88. The predicted octanol–water partition coefficient (Wildman–Crippen LogP) is 2.35. The number of nitrogens with zero attached hydrogens (tertiary/aromatic N) is 1. The van der Waals surface area contributed by atoms with Gasteiger partial charge in [-0.05, 0) is 23.8 Å². The maximum Gasteiger partial charge on any atom is 0.251 e. The van der Waals surface area contributed by atoms with Crippen molar-refractivity contribution in [3.8, 4) is 0 Å². The Kier molecular flexibility index (Phi) is 5.41. The van der Waals surface area contributed by atoms with Gasteiger partial charge in [0.15, 0.2) is 11.6 Å². The summed E-state index contributed by atoms with van der Waals surface area (Å²) in [5.41, 5.74) is 0.928. The number of hydrogen-bond acceptors (Lipinski definition) is 2. The summed E-state index contributed by atoms with van der Waals surface area (Å²) in [6.07, 6.45) is 0. The molecule has 0 saturated carbocycles. The number of halogens is 2. The predicted molar refractivity (Wildman–Crippen MR) is 81.6 cm³/mol. The number of rotatable bonds is 5. The van der Waals surface area contributed by atoms with E-state index in [1.165, 1.54) is 4.90 Å². The molecule has 2 rings (SSSR count). The van der Waals surface area contributed by atoms with Crippen molar-refractivity contribution in [1.29, 1.82) is 0 Å². The molecule has 23 heavy (non-hydrogen) atoms. The van der Waals surface area contributed by atoms with Crippen LogP contribution in [0, 0.1) is 11.6 Å². The largest absolute Gasteiger partial charge is 0.343 e. The van der Waals surface area contributed by atoms with Gasteiger partial charge in [-0.3, -0.25) is 9.59 Å². The highest BCUT2D eigenvalue weighted by Crippen LogP contribution is 2.08. The summed E-state index contributed by atoms with van der Waals surface area (Å²) in [6.45, 7) is 0.196. The van der Waals surface area contributed by atoms with Crippen LogP contribution in [0.15, 0.2) is 48.5 Å². The van der Waals surface area contributed by atoms with Gasteiger partial charge in [-0.25, -0.2) is 8.78 Å². The molecular weight excluding hydrogens is 302 g/mol. The normalized spacial score (nSPS) is 10.2. The lowest BCUT2D eigenvalue weighted by Crippen LogP contribution is -2.37. The van der Waals surface area contributed by atoms with Gasteiger partial charge >= 0.3 is 0 Å².